The molecule has 0 radical (unpaired) electrons. The van der Waals surface area contributed by atoms with Gasteiger partial charge in [-0.05, 0) is 11.6 Å². The molecular weight excluding hydrogens is 142 g/mol. The van der Waals surface area contributed by atoms with Crippen LogP contribution >= 0.6 is 0 Å². The molecule has 0 aliphatic heterocycles. The number of para-hydroxylation sites is 1. The van der Waals surface area contributed by atoms with E-state index in [1.54, 1.807) is 18.2 Å². The zero-order valence-electron chi connectivity index (χ0n) is 5.94. The average Bonchev–Trinajstić information content (AvgIpc) is 2.03. The topological polar surface area (TPSA) is 52.8 Å². The highest BCUT2D eigenvalue weighted by Gasteiger charge is 1.95. The van der Waals surface area contributed by atoms with E-state index in [-0.39, 0.29) is 5.75 Å². The fraction of sp³-hybridized carbons (Fsp3) is 0.125. The summed E-state index contributed by atoms with van der Waals surface area (Å²) in [5.74, 6) is 0.229. The van der Waals surface area contributed by atoms with E-state index in [0.717, 1.165) is 5.56 Å². The van der Waals surface area contributed by atoms with Gasteiger partial charge in [0.15, 0.2) is 0 Å². The first-order chi connectivity index (χ1) is 5.34. The molecule has 0 heterocycles. The summed E-state index contributed by atoms with van der Waals surface area (Å²) in [5.41, 5.74) is 0.755. The van der Waals surface area contributed by atoms with Crippen LogP contribution in [-0.2, 0) is 6.42 Å². The Kier molecular flexibility index (Phi) is 2.49. The maximum absolute atomic E-state index is 9.19. The van der Waals surface area contributed by atoms with Crippen molar-refractivity contribution < 1.29 is 10.3 Å². The number of aromatic hydroxyl groups is 1. The monoisotopic (exact) mass is 151 g/mol. The molecule has 1 rings (SSSR count). The van der Waals surface area contributed by atoms with Gasteiger partial charge in [0.1, 0.15) is 5.75 Å². The molecule has 3 nitrogen and oxygen atoms in total. The van der Waals surface area contributed by atoms with Gasteiger partial charge >= 0.3 is 0 Å². The molecule has 0 amide bonds. The molecule has 0 spiro atoms. The van der Waals surface area contributed by atoms with Gasteiger partial charge < -0.3 is 10.3 Å². The Bertz CT molecular complexity index is 258. The van der Waals surface area contributed by atoms with E-state index in [4.69, 9.17) is 5.21 Å². The lowest BCUT2D eigenvalue weighted by Crippen LogP contribution is -1.85. The maximum atomic E-state index is 9.19. The lowest BCUT2D eigenvalue weighted by molar-refractivity contribution is 0.320. The Morgan fingerprint density at radius 3 is 2.73 bits per heavy atom. The maximum Gasteiger partial charge on any atom is 0.119 e. The number of hydrogen-bond acceptors (Lipinski definition) is 3. The summed E-state index contributed by atoms with van der Waals surface area (Å²) in [6.45, 7) is 0. The van der Waals surface area contributed by atoms with E-state index in [1.165, 1.54) is 6.21 Å². The normalized spacial score (nSPS) is 10.5. The summed E-state index contributed by atoms with van der Waals surface area (Å²) in [7, 11) is 0. The molecule has 1 aromatic carbocycles. The van der Waals surface area contributed by atoms with Gasteiger partial charge in [0.25, 0.3) is 0 Å². The quantitative estimate of drug-likeness (QED) is 0.381. The third-order valence-corrected chi connectivity index (χ3v) is 1.38. The van der Waals surface area contributed by atoms with Crippen molar-refractivity contribution in [1.82, 2.24) is 0 Å². The molecule has 0 aliphatic rings. The molecule has 2 N–H and O–H groups in total. The fourth-order valence-electron chi connectivity index (χ4n) is 0.823. The minimum Gasteiger partial charge on any atom is -0.508 e. The van der Waals surface area contributed by atoms with Gasteiger partial charge in [-0.1, -0.05) is 18.2 Å². The van der Waals surface area contributed by atoms with Crippen molar-refractivity contribution in [2.45, 2.75) is 6.42 Å². The zero-order valence-corrected chi connectivity index (χ0v) is 5.94. The number of rotatable bonds is 2. The molecule has 0 fully saturated rings. The number of phenols is 1. The zero-order chi connectivity index (χ0) is 8.10. The van der Waals surface area contributed by atoms with Gasteiger partial charge in [-0.2, -0.15) is 0 Å². The number of hydrogen-bond donors (Lipinski definition) is 2. The predicted octanol–water partition coefficient (Wildman–Crippen LogP) is 1.39. The van der Waals surface area contributed by atoms with Crippen molar-refractivity contribution in [3.8, 4) is 5.75 Å². The van der Waals surface area contributed by atoms with Crippen LogP contribution in [0.5, 0.6) is 5.75 Å². The second-order valence-electron chi connectivity index (χ2n) is 2.13. The molecule has 0 saturated carbocycles. The van der Waals surface area contributed by atoms with Gasteiger partial charge in [-0.15, -0.1) is 5.16 Å². The van der Waals surface area contributed by atoms with Crippen molar-refractivity contribution >= 4 is 6.21 Å². The molecule has 0 aromatic heterocycles. The van der Waals surface area contributed by atoms with Crippen LogP contribution in [0.2, 0.25) is 0 Å². The largest absolute Gasteiger partial charge is 0.508 e. The standard InChI is InChI=1S/C8H9NO2/c10-8-4-2-1-3-7(8)5-6-9-11/h1-4,6,10-11H,5H2/b9-6-. The Balaban J connectivity index is 2.77. The molecule has 11 heavy (non-hydrogen) atoms. The van der Waals surface area contributed by atoms with Gasteiger partial charge in [-0.25, -0.2) is 0 Å². The first kappa shape index (κ1) is 7.60. The number of phenolic OH excluding ortho intramolecular Hbond substituents is 1. The van der Waals surface area contributed by atoms with E-state index in [0.29, 0.717) is 6.42 Å². The lowest BCUT2D eigenvalue weighted by Gasteiger charge is -1.97. The minimum absolute atomic E-state index is 0.229. The predicted molar refractivity (Wildman–Crippen MR) is 42.1 cm³/mol. The van der Waals surface area contributed by atoms with Crippen LogP contribution in [0.4, 0.5) is 0 Å². The van der Waals surface area contributed by atoms with Crippen molar-refractivity contribution in [1.29, 1.82) is 0 Å². The van der Waals surface area contributed by atoms with Crippen molar-refractivity contribution in [2.75, 3.05) is 0 Å². The average molecular weight is 151 g/mol. The smallest absolute Gasteiger partial charge is 0.119 e. The second-order valence-corrected chi connectivity index (χ2v) is 2.13. The third kappa shape index (κ3) is 1.97. The molecular formula is C8H9NO2. The molecule has 3 heteroatoms. The van der Waals surface area contributed by atoms with Crippen LogP contribution in [0, 0.1) is 0 Å². The molecule has 0 bridgehead atoms. The summed E-state index contributed by atoms with van der Waals surface area (Å²) in [6, 6.07) is 6.94. The Hall–Kier alpha value is -1.51. The number of nitrogens with zero attached hydrogens (tertiary/aromatic N) is 1. The highest BCUT2D eigenvalue weighted by atomic mass is 16.4. The lowest BCUT2D eigenvalue weighted by atomic mass is 10.1. The summed E-state index contributed by atoms with van der Waals surface area (Å²) in [6.07, 6.45) is 1.78. The van der Waals surface area contributed by atoms with E-state index < -0.39 is 0 Å². The summed E-state index contributed by atoms with van der Waals surface area (Å²) >= 11 is 0. The van der Waals surface area contributed by atoms with E-state index in [1.807, 2.05) is 6.07 Å². The Morgan fingerprint density at radius 2 is 2.09 bits per heavy atom. The van der Waals surface area contributed by atoms with Gasteiger partial charge in [0.05, 0.1) is 0 Å². The highest BCUT2D eigenvalue weighted by Crippen LogP contribution is 2.14. The van der Waals surface area contributed by atoms with Crippen LogP contribution in [0.15, 0.2) is 29.4 Å². The van der Waals surface area contributed by atoms with Crippen LogP contribution in [0.3, 0.4) is 0 Å². The Morgan fingerprint density at radius 1 is 1.36 bits per heavy atom. The second kappa shape index (κ2) is 3.61. The van der Waals surface area contributed by atoms with Crippen LogP contribution in [0.25, 0.3) is 0 Å². The third-order valence-electron chi connectivity index (χ3n) is 1.38. The van der Waals surface area contributed by atoms with Gasteiger partial charge in [-0.3, -0.25) is 0 Å². The van der Waals surface area contributed by atoms with Crippen molar-refractivity contribution in [3.63, 3.8) is 0 Å². The summed E-state index contributed by atoms with van der Waals surface area (Å²) in [4.78, 5) is 0. The minimum atomic E-state index is 0.229. The number of benzene rings is 1. The first-order valence-corrected chi connectivity index (χ1v) is 3.27. The molecule has 58 valence electrons. The van der Waals surface area contributed by atoms with Crippen molar-refractivity contribution in [2.24, 2.45) is 5.16 Å². The molecule has 0 atom stereocenters. The van der Waals surface area contributed by atoms with E-state index in [2.05, 4.69) is 5.16 Å². The van der Waals surface area contributed by atoms with E-state index in [9.17, 15) is 5.11 Å². The van der Waals surface area contributed by atoms with Gasteiger partial charge in [0, 0.05) is 12.6 Å². The van der Waals surface area contributed by atoms with Crippen LogP contribution in [0.1, 0.15) is 5.56 Å². The van der Waals surface area contributed by atoms with Crippen LogP contribution in [-0.4, -0.2) is 16.5 Å². The molecule has 1 aromatic rings. The Labute approximate surface area is 64.6 Å². The fourth-order valence-corrected chi connectivity index (χ4v) is 0.823. The first-order valence-electron chi connectivity index (χ1n) is 3.27. The molecule has 0 saturated heterocycles. The van der Waals surface area contributed by atoms with E-state index >= 15 is 0 Å². The van der Waals surface area contributed by atoms with Gasteiger partial charge in [0.2, 0.25) is 0 Å². The van der Waals surface area contributed by atoms with Crippen molar-refractivity contribution in [3.05, 3.63) is 29.8 Å². The number of oxime groups is 1. The highest BCUT2D eigenvalue weighted by molar-refractivity contribution is 5.62. The summed E-state index contributed by atoms with van der Waals surface area (Å²) < 4.78 is 0. The molecule has 0 unspecified atom stereocenters. The SMILES string of the molecule is O/N=C\Cc1ccccc1O. The summed E-state index contributed by atoms with van der Waals surface area (Å²) in [5, 5.41) is 20.1. The van der Waals surface area contributed by atoms with Crippen LogP contribution < -0.4 is 0 Å². The molecule has 0 aliphatic carbocycles.